The van der Waals surface area contributed by atoms with Crippen molar-refractivity contribution in [3.63, 3.8) is 0 Å². The summed E-state index contributed by atoms with van der Waals surface area (Å²) < 4.78 is 12.4. The first-order valence-electron chi connectivity index (χ1n) is 9.61. The van der Waals surface area contributed by atoms with Gasteiger partial charge in [0.15, 0.2) is 0 Å². The van der Waals surface area contributed by atoms with Gasteiger partial charge in [0.05, 0.1) is 23.4 Å². The zero-order valence-electron chi connectivity index (χ0n) is 15.3. The van der Waals surface area contributed by atoms with Gasteiger partial charge >= 0.3 is 0 Å². The Balaban J connectivity index is 1.64. The predicted octanol–water partition coefficient (Wildman–Crippen LogP) is 4.67. The first kappa shape index (κ1) is 15.4. The Morgan fingerprint density at radius 2 is 1.59 bits per heavy atom. The largest absolute Gasteiger partial charge is 0.366 e. The fraction of sp³-hybridized carbons (Fsp3) is 1.00. The first-order chi connectivity index (χ1) is 10.3. The number of fused-ring (bicyclic) bond motifs is 2. The minimum absolute atomic E-state index is 0.195. The van der Waals surface area contributed by atoms with E-state index < -0.39 is 0 Å². The molecule has 8 atom stereocenters. The van der Waals surface area contributed by atoms with Gasteiger partial charge in [0, 0.05) is 0 Å². The summed E-state index contributed by atoms with van der Waals surface area (Å²) >= 11 is 0. The van der Waals surface area contributed by atoms with Crippen LogP contribution in [0.4, 0.5) is 0 Å². The summed E-state index contributed by atoms with van der Waals surface area (Å²) in [6.45, 7) is 14.4. The Morgan fingerprint density at radius 1 is 0.909 bits per heavy atom. The van der Waals surface area contributed by atoms with Crippen molar-refractivity contribution in [1.82, 2.24) is 0 Å². The van der Waals surface area contributed by atoms with Gasteiger partial charge in [0.2, 0.25) is 0 Å². The summed E-state index contributed by atoms with van der Waals surface area (Å²) in [5.41, 5.74) is 0.403. The maximum atomic E-state index is 6.28. The number of ether oxygens (including phenoxy) is 2. The average Bonchev–Trinajstić information content (AvgIpc) is 3.28. The van der Waals surface area contributed by atoms with Gasteiger partial charge in [-0.25, -0.2) is 0 Å². The van der Waals surface area contributed by atoms with Crippen LogP contribution >= 0.6 is 0 Å². The van der Waals surface area contributed by atoms with E-state index in [-0.39, 0.29) is 11.2 Å². The van der Waals surface area contributed by atoms with E-state index in [0.29, 0.717) is 12.2 Å². The Labute approximate surface area is 136 Å². The minimum atomic E-state index is 0.195. The summed E-state index contributed by atoms with van der Waals surface area (Å²) in [6, 6.07) is 0. The third-order valence-electron chi connectivity index (χ3n) is 7.68. The van der Waals surface area contributed by atoms with Crippen molar-refractivity contribution < 1.29 is 9.47 Å². The molecule has 0 N–H and O–H groups in total. The van der Waals surface area contributed by atoms with Crippen molar-refractivity contribution in [2.24, 2.45) is 35.5 Å². The van der Waals surface area contributed by atoms with Crippen molar-refractivity contribution in [3.8, 4) is 0 Å². The lowest BCUT2D eigenvalue weighted by Gasteiger charge is -2.45. The molecule has 0 aromatic rings. The van der Waals surface area contributed by atoms with Crippen LogP contribution in [0.2, 0.25) is 0 Å². The van der Waals surface area contributed by atoms with E-state index in [4.69, 9.17) is 9.47 Å². The predicted molar refractivity (Wildman–Crippen MR) is 88.7 cm³/mol. The molecular formula is C20H34O2. The normalized spacial score (nSPS) is 56.7. The summed E-state index contributed by atoms with van der Waals surface area (Å²) in [7, 11) is 0. The van der Waals surface area contributed by atoms with Gasteiger partial charge in [-0.2, -0.15) is 0 Å². The van der Waals surface area contributed by atoms with Crippen LogP contribution < -0.4 is 0 Å². The van der Waals surface area contributed by atoms with E-state index >= 15 is 0 Å². The van der Waals surface area contributed by atoms with E-state index in [1.807, 2.05) is 0 Å². The molecule has 4 aliphatic rings. The van der Waals surface area contributed by atoms with Crippen LogP contribution in [0.25, 0.3) is 0 Å². The van der Waals surface area contributed by atoms with Crippen molar-refractivity contribution in [2.75, 3.05) is 0 Å². The molecule has 0 aromatic carbocycles. The van der Waals surface area contributed by atoms with E-state index in [2.05, 4.69) is 41.5 Å². The highest BCUT2D eigenvalue weighted by Crippen LogP contribution is 2.63. The molecular weight excluding hydrogens is 272 g/mol. The van der Waals surface area contributed by atoms with Crippen molar-refractivity contribution >= 4 is 0 Å². The van der Waals surface area contributed by atoms with Crippen molar-refractivity contribution in [3.05, 3.63) is 0 Å². The molecule has 22 heavy (non-hydrogen) atoms. The molecule has 126 valence electrons. The summed E-state index contributed by atoms with van der Waals surface area (Å²) in [5, 5.41) is 0. The molecule has 2 saturated heterocycles. The molecule has 2 saturated carbocycles. The van der Waals surface area contributed by atoms with Gasteiger partial charge in [-0.15, -0.1) is 0 Å². The van der Waals surface area contributed by atoms with Crippen LogP contribution in [0.15, 0.2) is 0 Å². The molecule has 4 rings (SSSR count). The Morgan fingerprint density at radius 3 is 2.23 bits per heavy atom. The molecule has 4 fully saturated rings. The SMILES string of the molecule is CC(C)C1CC2OC2(C)CC1C1C(C(C)C)CCC2(C)OC12. The van der Waals surface area contributed by atoms with Gasteiger partial charge in [0.25, 0.3) is 0 Å². The van der Waals surface area contributed by atoms with Crippen LogP contribution in [-0.4, -0.2) is 23.4 Å². The Hall–Kier alpha value is -0.0800. The smallest absolute Gasteiger partial charge is 0.0923 e. The Bertz CT molecular complexity index is 459. The Kier molecular flexibility index (Phi) is 3.32. The number of hydrogen-bond donors (Lipinski definition) is 0. The molecule has 2 heterocycles. The van der Waals surface area contributed by atoms with E-state index in [9.17, 15) is 0 Å². The van der Waals surface area contributed by atoms with Gasteiger partial charge < -0.3 is 9.47 Å². The molecule has 2 nitrogen and oxygen atoms in total. The lowest BCUT2D eigenvalue weighted by Crippen LogP contribution is -2.46. The lowest BCUT2D eigenvalue weighted by molar-refractivity contribution is 0.0374. The van der Waals surface area contributed by atoms with Crippen LogP contribution in [0.3, 0.4) is 0 Å². The second-order valence-electron chi connectivity index (χ2n) is 9.81. The number of hydrogen-bond acceptors (Lipinski definition) is 2. The van der Waals surface area contributed by atoms with E-state index in [1.54, 1.807) is 0 Å². The van der Waals surface area contributed by atoms with Gasteiger partial charge in [-0.05, 0) is 75.0 Å². The van der Waals surface area contributed by atoms with Crippen LogP contribution in [0.5, 0.6) is 0 Å². The van der Waals surface area contributed by atoms with Crippen molar-refractivity contribution in [1.29, 1.82) is 0 Å². The topological polar surface area (TPSA) is 25.1 Å². The molecule has 0 amide bonds. The fourth-order valence-electron chi connectivity index (χ4n) is 6.13. The van der Waals surface area contributed by atoms with Gasteiger partial charge in [-0.1, -0.05) is 27.7 Å². The highest BCUT2D eigenvalue weighted by Gasteiger charge is 2.67. The maximum Gasteiger partial charge on any atom is 0.0923 e. The monoisotopic (exact) mass is 306 g/mol. The molecule has 2 aliphatic heterocycles. The van der Waals surface area contributed by atoms with E-state index in [1.165, 1.54) is 25.7 Å². The number of rotatable bonds is 3. The molecule has 0 aromatic heterocycles. The number of epoxide rings is 2. The lowest BCUT2D eigenvalue weighted by atomic mass is 9.57. The highest BCUT2D eigenvalue weighted by molar-refractivity contribution is 5.15. The van der Waals surface area contributed by atoms with Gasteiger partial charge in [0.1, 0.15) is 0 Å². The van der Waals surface area contributed by atoms with Crippen LogP contribution in [0, 0.1) is 35.5 Å². The summed E-state index contributed by atoms with van der Waals surface area (Å²) in [4.78, 5) is 0. The molecule has 2 heteroatoms. The second kappa shape index (κ2) is 4.72. The molecule has 0 spiro atoms. The zero-order chi connectivity index (χ0) is 15.9. The third-order valence-corrected chi connectivity index (χ3v) is 7.68. The van der Waals surface area contributed by atoms with Crippen molar-refractivity contribution in [2.45, 2.75) is 90.6 Å². The summed E-state index contributed by atoms with van der Waals surface area (Å²) in [5.74, 6) is 4.75. The first-order valence-corrected chi connectivity index (χ1v) is 9.61. The molecule has 0 radical (unpaired) electrons. The maximum absolute atomic E-state index is 6.28. The minimum Gasteiger partial charge on any atom is -0.366 e. The van der Waals surface area contributed by atoms with Gasteiger partial charge in [-0.3, -0.25) is 0 Å². The third kappa shape index (κ3) is 2.20. The molecule has 0 bridgehead atoms. The second-order valence-corrected chi connectivity index (χ2v) is 9.81. The fourth-order valence-corrected chi connectivity index (χ4v) is 6.13. The van der Waals surface area contributed by atoms with Crippen LogP contribution in [-0.2, 0) is 9.47 Å². The molecule has 8 unspecified atom stereocenters. The zero-order valence-corrected chi connectivity index (χ0v) is 15.3. The van der Waals surface area contributed by atoms with Crippen LogP contribution in [0.1, 0.15) is 67.2 Å². The highest BCUT2D eigenvalue weighted by atomic mass is 16.6. The van der Waals surface area contributed by atoms with E-state index in [0.717, 1.165) is 35.5 Å². The summed E-state index contributed by atoms with van der Waals surface area (Å²) in [6.07, 6.45) is 6.25. The standard InChI is InChI=1S/C20H34O2/c1-11(2)13-7-8-19(5)18(22-19)17(13)15-10-20(6)16(21-20)9-14(15)12(3)4/h11-18H,7-10H2,1-6H3. The average molecular weight is 306 g/mol. The quantitative estimate of drug-likeness (QED) is 0.708. The molecule has 2 aliphatic carbocycles.